The van der Waals surface area contributed by atoms with Crippen molar-refractivity contribution in [3.05, 3.63) is 17.5 Å². The summed E-state index contributed by atoms with van der Waals surface area (Å²) in [6.07, 6.45) is 4.66. The van der Waals surface area contributed by atoms with Crippen molar-refractivity contribution in [3.63, 3.8) is 0 Å². The molecule has 1 atom stereocenters. The third-order valence-electron chi connectivity index (χ3n) is 3.51. The summed E-state index contributed by atoms with van der Waals surface area (Å²) in [6.45, 7) is 5.97. The number of carbonyl (C=O) groups excluding carboxylic acids is 1. The molecule has 1 aromatic heterocycles. The van der Waals surface area contributed by atoms with E-state index in [4.69, 9.17) is 4.52 Å². The average molecular weight is 236 g/mol. The minimum atomic E-state index is -0.0315. The number of carbonyl (C=O) groups is 1. The van der Waals surface area contributed by atoms with Gasteiger partial charge in [-0.25, -0.2) is 0 Å². The lowest BCUT2D eigenvalue weighted by molar-refractivity contribution is 0.100. The standard InChI is InChI=1S/C13H20N2O2/c1-3-15-7-5-4-6-11(15)8-12-9-13(10(2)16)14-17-12/h9,11H,3-8H2,1-2H3. The normalized spacial score (nSPS) is 21.6. The first-order chi connectivity index (χ1) is 8.20. The second-order valence-electron chi connectivity index (χ2n) is 4.72. The highest BCUT2D eigenvalue weighted by atomic mass is 16.5. The number of nitrogens with zero attached hydrogens (tertiary/aromatic N) is 2. The van der Waals surface area contributed by atoms with Crippen molar-refractivity contribution in [1.29, 1.82) is 0 Å². The summed E-state index contributed by atoms with van der Waals surface area (Å²) in [5.41, 5.74) is 0.443. The molecule has 0 spiro atoms. The number of likely N-dealkylation sites (N-methyl/N-ethyl adjacent to an activating group) is 1. The minimum absolute atomic E-state index is 0.0315. The summed E-state index contributed by atoms with van der Waals surface area (Å²) in [4.78, 5) is 13.6. The lowest BCUT2D eigenvalue weighted by Crippen LogP contribution is -2.40. The fraction of sp³-hybridized carbons (Fsp3) is 0.692. The van der Waals surface area contributed by atoms with Crippen LogP contribution in [0.5, 0.6) is 0 Å². The molecule has 0 radical (unpaired) electrons. The zero-order valence-corrected chi connectivity index (χ0v) is 10.6. The molecule has 17 heavy (non-hydrogen) atoms. The maximum absolute atomic E-state index is 11.1. The van der Waals surface area contributed by atoms with E-state index in [-0.39, 0.29) is 5.78 Å². The number of hydrogen-bond acceptors (Lipinski definition) is 4. The van der Waals surface area contributed by atoms with Crippen LogP contribution in [-0.4, -0.2) is 35.0 Å². The second kappa shape index (κ2) is 5.45. The van der Waals surface area contributed by atoms with E-state index >= 15 is 0 Å². The van der Waals surface area contributed by atoms with Gasteiger partial charge in [-0.05, 0) is 25.9 Å². The predicted molar refractivity (Wildman–Crippen MR) is 65.1 cm³/mol. The molecule has 4 heteroatoms. The fourth-order valence-electron chi connectivity index (χ4n) is 2.51. The summed E-state index contributed by atoms with van der Waals surface area (Å²) >= 11 is 0. The molecule has 0 bridgehead atoms. The van der Waals surface area contributed by atoms with Crippen LogP contribution in [0.2, 0.25) is 0 Å². The molecule has 1 saturated heterocycles. The predicted octanol–water partition coefficient (Wildman–Crippen LogP) is 2.29. The Labute approximate surface area is 102 Å². The zero-order valence-electron chi connectivity index (χ0n) is 10.6. The molecule has 2 heterocycles. The van der Waals surface area contributed by atoms with Gasteiger partial charge in [0.15, 0.2) is 5.78 Å². The molecular formula is C13H20N2O2. The Balaban J connectivity index is 2.00. The first-order valence-corrected chi connectivity index (χ1v) is 6.41. The van der Waals surface area contributed by atoms with Crippen LogP contribution in [0.25, 0.3) is 0 Å². The van der Waals surface area contributed by atoms with E-state index in [0.29, 0.717) is 11.7 Å². The molecule has 1 aromatic rings. The monoisotopic (exact) mass is 236 g/mol. The van der Waals surface area contributed by atoms with Gasteiger partial charge >= 0.3 is 0 Å². The number of likely N-dealkylation sites (tertiary alicyclic amines) is 1. The molecular weight excluding hydrogens is 216 g/mol. The highest BCUT2D eigenvalue weighted by molar-refractivity contribution is 5.91. The highest BCUT2D eigenvalue weighted by Crippen LogP contribution is 2.20. The van der Waals surface area contributed by atoms with Crippen molar-refractivity contribution in [2.75, 3.05) is 13.1 Å². The van der Waals surface area contributed by atoms with Crippen molar-refractivity contribution in [2.45, 2.75) is 45.6 Å². The molecule has 1 aliphatic rings. The van der Waals surface area contributed by atoms with Crippen LogP contribution in [0.3, 0.4) is 0 Å². The molecule has 0 N–H and O–H groups in total. The molecule has 2 rings (SSSR count). The van der Waals surface area contributed by atoms with Crippen molar-refractivity contribution in [3.8, 4) is 0 Å². The van der Waals surface area contributed by atoms with Gasteiger partial charge in [-0.15, -0.1) is 0 Å². The van der Waals surface area contributed by atoms with Crippen LogP contribution in [0.1, 0.15) is 49.4 Å². The largest absolute Gasteiger partial charge is 0.361 e. The van der Waals surface area contributed by atoms with Crippen LogP contribution < -0.4 is 0 Å². The number of hydrogen-bond donors (Lipinski definition) is 0. The van der Waals surface area contributed by atoms with Gasteiger partial charge in [-0.3, -0.25) is 4.79 Å². The topological polar surface area (TPSA) is 46.3 Å². The Morgan fingerprint density at radius 1 is 1.59 bits per heavy atom. The van der Waals surface area contributed by atoms with Crippen LogP contribution >= 0.6 is 0 Å². The van der Waals surface area contributed by atoms with E-state index in [0.717, 1.165) is 18.7 Å². The highest BCUT2D eigenvalue weighted by Gasteiger charge is 2.23. The minimum Gasteiger partial charge on any atom is -0.361 e. The van der Waals surface area contributed by atoms with Crippen LogP contribution in [0, 0.1) is 0 Å². The van der Waals surface area contributed by atoms with Gasteiger partial charge in [-0.2, -0.15) is 0 Å². The molecule has 1 fully saturated rings. The Morgan fingerprint density at radius 2 is 2.41 bits per heavy atom. The van der Waals surface area contributed by atoms with Gasteiger partial charge < -0.3 is 9.42 Å². The summed E-state index contributed by atoms with van der Waals surface area (Å²) in [6, 6.07) is 2.33. The average Bonchev–Trinajstić information content (AvgIpc) is 2.78. The Hall–Kier alpha value is -1.16. The molecule has 0 saturated carbocycles. The maximum atomic E-state index is 11.1. The number of rotatable bonds is 4. The number of ketones is 1. The second-order valence-corrected chi connectivity index (χ2v) is 4.72. The van der Waals surface area contributed by atoms with E-state index in [1.54, 1.807) is 6.07 Å². The molecule has 0 aromatic carbocycles. The number of aromatic nitrogens is 1. The van der Waals surface area contributed by atoms with Crippen LogP contribution in [0.15, 0.2) is 10.6 Å². The maximum Gasteiger partial charge on any atom is 0.181 e. The lowest BCUT2D eigenvalue weighted by Gasteiger charge is -2.34. The first kappa shape index (κ1) is 12.3. The molecule has 94 valence electrons. The van der Waals surface area contributed by atoms with Gasteiger partial charge in [0.2, 0.25) is 0 Å². The Kier molecular flexibility index (Phi) is 3.94. The van der Waals surface area contributed by atoms with E-state index in [2.05, 4.69) is 17.0 Å². The quantitative estimate of drug-likeness (QED) is 0.752. The third-order valence-corrected chi connectivity index (χ3v) is 3.51. The summed E-state index contributed by atoms with van der Waals surface area (Å²) in [5, 5.41) is 3.79. The van der Waals surface area contributed by atoms with Crippen molar-refractivity contribution < 1.29 is 9.32 Å². The van der Waals surface area contributed by atoms with E-state index in [1.165, 1.54) is 32.7 Å². The molecule has 0 amide bonds. The van der Waals surface area contributed by atoms with Crippen LogP contribution in [0.4, 0.5) is 0 Å². The molecule has 0 aliphatic carbocycles. The van der Waals surface area contributed by atoms with Gasteiger partial charge in [-0.1, -0.05) is 18.5 Å². The zero-order chi connectivity index (χ0) is 12.3. The molecule has 4 nitrogen and oxygen atoms in total. The van der Waals surface area contributed by atoms with E-state index in [1.807, 2.05) is 0 Å². The van der Waals surface area contributed by atoms with Gasteiger partial charge in [0.1, 0.15) is 11.5 Å². The van der Waals surface area contributed by atoms with Crippen molar-refractivity contribution in [2.24, 2.45) is 0 Å². The van der Waals surface area contributed by atoms with Crippen molar-refractivity contribution >= 4 is 5.78 Å². The van der Waals surface area contributed by atoms with E-state index < -0.39 is 0 Å². The van der Waals surface area contributed by atoms with Gasteiger partial charge in [0, 0.05) is 25.5 Å². The smallest absolute Gasteiger partial charge is 0.181 e. The fourth-order valence-corrected chi connectivity index (χ4v) is 2.51. The number of Topliss-reactive ketones (excluding diaryl/α,β-unsaturated/α-hetero) is 1. The molecule has 1 unspecified atom stereocenters. The SMILES string of the molecule is CCN1CCCCC1Cc1cc(C(C)=O)no1. The van der Waals surface area contributed by atoms with Gasteiger partial charge in [0.05, 0.1) is 0 Å². The summed E-state index contributed by atoms with van der Waals surface area (Å²) < 4.78 is 5.22. The van der Waals surface area contributed by atoms with Gasteiger partial charge in [0.25, 0.3) is 0 Å². The summed E-state index contributed by atoms with van der Waals surface area (Å²) in [7, 11) is 0. The Morgan fingerprint density at radius 3 is 3.06 bits per heavy atom. The summed E-state index contributed by atoms with van der Waals surface area (Å²) in [5.74, 6) is 0.802. The molecule has 1 aliphatic heterocycles. The first-order valence-electron chi connectivity index (χ1n) is 6.41. The van der Waals surface area contributed by atoms with Crippen molar-refractivity contribution in [1.82, 2.24) is 10.1 Å². The van der Waals surface area contributed by atoms with E-state index in [9.17, 15) is 4.79 Å². The Bertz CT molecular complexity index is 387. The third kappa shape index (κ3) is 2.94. The van der Waals surface area contributed by atoms with Crippen LogP contribution in [-0.2, 0) is 6.42 Å². The number of piperidine rings is 1. The lowest BCUT2D eigenvalue weighted by atomic mass is 9.98.